The van der Waals surface area contributed by atoms with E-state index in [0.717, 1.165) is 52.4 Å². The highest BCUT2D eigenvalue weighted by atomic mass is 15.1. The van der Waals surface area contributed by atoms with Crippen molar-refractivity contribution < 1.29 is 0 Å². The molecule has 7 nitrogen and oxygen atoms in total. The van der Waals surface area contributed by atoms with Crippen molar-refractivity contribution >= 4 is 0 Å². The van der Waals surface area contributed by atoms with Gasteiger partial charge in [-0.15, -0.1) is 0 Å². The molecule has 0 aromatic rings. The fraction of sp³-hybridized carbons (Fsp3) is 1.00. The van der Waals surface area contributed by atoms with Gasteiger partial charge in [0.15, 0.2) is 0 Å². The predicted molar refractivity (Wildman–Crippen MR) is 162 cm³/mol. The molecular formula is C30H65N7. The molecule has 0 unspecified atom stereocenters. The van der Waals surface area contributed by atoms with E-state index in [2.05, 4.69) is 92.6 Å². The van der Waals surface area contributed by atoms with Gasteiger partial charge >= 0.3 is 0 Å². The van der Waals surface area contributed by atoms with Gasteiger partial charge < -0.3 is 37.2 Å². The third kappa shape index (κ3) is 15.2. The summed E-state index contributed by atoms with van der Waals surface area (Å²) in [5.41, 5.74) is 0.890. The zero-order chi connectivity index (χ0) is 27.4. The van der Waals surface area contributed by atoms with Gasteiger partial charge in [0.1, 0.15) is 0 Å². The van der Waals surface area contributed by atoms with Gasteiger partial charge in [0.2, 0.25) is 0 Å². The van der Waals surface area contributed by atoms with Crippen molar-refractivity contribution in [1.82, 2.24) is 37.2 Å². The summed E-state index contributed by atoms with van der Waals surface area (Å²) < 4.78 is 0. The van der Waals surface area contributed by atoms with Gasteiger partial charge in [-0.2, -0.15) is 0 Å². The van der Waals surface area contributed by atoms with Crippen LogP contribution in [0.15, 0.2) is 0 Å². The van der Waals surface area contributed by atoms with Crippen LogP contribution in [0.2, 0.25) is 0 Å². The SMILES string of the molecule is CC1(C)CC(NCCCNCCCNCCCNCCCNC2CC(C)(C)NC(C)(C)C2)CC(C)(C)N1. The quantitative estimate of drug-likeness (QED) is 0.139. The summed E-state index contributed by atoms with van der Waals surface area (Å²) in [5.74, 6) is 0. The third-order valence-electron chi connectivity index (χ3n) is 7.72. The first-order valence-corrected chi connectivity index (χ1v) is 15.5. The summed E-state index contributed by atoms with van der Waals surface area (Å²) in [6.07, 6.45) is 9.63. The number of hydrogen-bond acceptors (Lipinski definition) is 7. The van der Waals surface area contributed by atoms with Gasteiger partial charge in [0.25, 0.3) is 0 Å². The molecule has 37 heavy (non-hydrogen) atoms. The lowest BCUT2D eigenvalue weighted by molar-refractivity contribution is 0.146. The van der Waals surface area contributed by atoms with Gasteiger partial charge in [0, 0.05) is 34.2 Å². The standard InChI is InChI=1S/C30H65N7/c1-27(2)21-25(22-28(3,4)36-27)34-19-11-17-32-15-9-13-31-14-10-16-33-18-12-20-35-26-23-29(5,6)37-30(7,8)24-26/h25-26,31-37H,9-24H2,1-8H3. The first-order valence-electron chi connectivity index (χ1n) is 15.5. The third-order valence-corrected chi connectivity index (χ3v) is 7.72. The van der Waals surface area contributed by atoms with E-state index in [9.17, 15) is 0 Å². The largest absolute Gasteiger partial charge is 0.317 e. The smallest absolute Gasteiger partial charge is 0.0144 e. The first kappa shape index (κ1) is 32.9. The Balaban J connectivity index is 1.31. The summed E-state index contributed by atoms with van der Waals surface area (Å²) in [6.45, 7) is 27.5. The molecule has 220 valence electrons. The molecule has 2 aliphatic heterocycles. The number of nitrogens with one attached hydrogen (secondary N) is 7. The Hall–Kier alpha value is -0.280. The molecule has 2 rings (SSSR count). The van der Waals surface area contributed by atoms with Crippen molar-refractivity contribution in [2.75, 3.05) is 52.4 Å². The normalized spacial score (nSPS) is 23.4. The predicted octanol–water partition coefficient (Wildman–Crippen LogP) is 3.11. The second-order valence-electron chi connectivity index (χ2n) is 14.6. The van der Waals surface area contributed by atoms with E-state index in [1.54, 1.807) is 0 Å². The molecular weight excluding hydrogens is 458 g/mol. The molecule has 0 aliphatic carbocycles. The highest BCUT2D eigenvalue weighted by Crippen LogP contribution is 2.29. The Labute approximate surface area is 230 Å². The Morgan fingerprint density at radius 2 is 0.676 bits per heavy atom. The molecule has 0 spiro atoms. The van der Waals surface area contributed by atoms with Crippen LogP contribution in [0, 0.1) is 0 Å². The van der Waals surface area contributed by atoms with Crippen LogP contribution >= 0.6 is 0 Å². The lowest BCUT2D eigenvalue weighted by atomic mass is 9.79. The van der Waals surface area contributed by atoms with Crippen LogP contribution < -0.4 is 37.2 Å². The van der Waals surface area contributed by atoms with Crippen LogP contribution in [0.1, 0.15) is 107 Å². The first-order chi connectivity index (χ1) is 17.3. The molecule has 2 saturated heterocycles. The van der Waals surface area contributed by atoms with Crippen molar-refractivity contribution in [1.29, 1.82) is 0 Å². The molecule has 0 radical (unpaired) electrons. The maximum atomic E-state index is 3.80. The minimum atomic E-state index is 0.223. The summed E-state index contributed by atoms with van der Waals surface area (Å²) in [4.78, 5) is 0. The Morgan fingerprint density at radius 1 is 0.432 bits per heavy atom. The molecule has 7 heteroatoms. The topological polar surface area (TPSA) is 84.2 Å². The average Bonchev–Trinajstić information content (AvgIpc) is 2.71. The van der Waals surface area contributed by atoms with Crippen LogP contribution in [0.5, 0.6) is 0 Å². The Kier molecular flexibility index (Phi) is 13.8. The zero-order valence-electron chi connectivity index (χ0n) is 26.0. The molecule has 0 aromatic heterocycles. The zero-order valence-corrected chi connectivity index (χ0v) is 26.0. The van der Waals surface area contributed by atoms with E-state index in [1.807, 2.05) is 0 Å². The van der Waals surface area contributed by atoms with Crippen molar-refractivity contribution in [3.63, 3.8) is 0 Å². The fourth-order valence-corrected chi connectivity index (χ4v) is 7.02. The minimum absolute atomic E-state index is 0.223. The number of hydrogen-bond donors (Lipinski definition) is 7. The number of piperidine rings is 2. The van der Waals surface area contributed by atoms with Crippen LogP contribution in [0.4, 0.5) is 0 Å². The second kappa shape index (κ2) is 15.5. The van der Waals surface area contributed by atoms with Crippen LogP contribution in [0.25, 0.3) is 0 Å². The summed E-state index contributed by atoms with van der Waals surface area (Å²) >= 11 is 0. The molecule has 2 aliphatic rings. The monoisotopic (exact) mass is 524 g/mol. The molecule has 2 heterocycles. The second-order valence-corrected chi connectivity index (χ2v) is 14.6. The van der Waals surface area contributed by atoms with Crippen LogP contribution in [0.3, 0.4) is 0 Å². The van der Waals surface area contributed by atoms with E-state index in [-0.39, 0.29) is 22.2 Å². The highest BCUT2D eigenvalue weighted by Gasteiger charge is 2.38. The van der Waals surface area contributed by atoms with Gasteiger partial charge in [-0.1, -0.05) is 0 Å². The van der Waals surface area contributed by atoms with Gasteiger partial charge in [-0.25, -0.2) is 0 Å². The minimum Gasteiger partial charge on any atom is -0.317 e. The van der Waals surface area contributed by atoms with Crippen molar-refractivity contribution in [3.8, 4) is 0 Å². The van der Waals surface area contributed by atoms with Crippen molar-refractivity contribution in [3.05, 3.63) is 0 Å². The van der Waals surface area contributed by atoms with Crippen LogP contribution in [-0.4, -0.2) is 86.6 Å². The molecule has 0 atom stereocenters. The van der Waals surface area contributed by atoms with E-state index >= 15 is 0 Å². The van der Waals surface area contributed by atoms with Crippen molar-refractivity contribution in [2.45, 2.75) is 141 Å². The van der Waals surface area contributed by atoms with Crippen LogP contribution in [-0.2, 0) is 0 Å². The van der Waals surface area contributed by atoms with Crippen molar-refractivity contribution in [2.24, 2.45) is 0 Å². The average molecular weight is 524 g/mol. The van der Waals surface area contributed by atoms with E-state index in [1.165, 1.54) is 51.4 Å². The lowest BCUT2D eigenvalue weighted by Gasteiger charge is -2.46. The van der Waals surface area contributed by atoms with Gasteiger partial charge in [-0.05, 0) is 159 Å². The maximum Gasteiger partial charge on any atom is 0.0144 e. The van der Waals surface area contributed by atoms with E-state index in [4.69, 9.17) is 0 Å². The Bertz CT molecular complexity index is 533. The molecule has 0 amide bonds. The van der Waals surface area contributed by atoms with E-state index in [0.29, 0.717) is 12.1 Å². The highest BCUT2D eigenvalue weighted by molar-refractivity contribution is 5.00. The molecule has 0 aromatic carbocycles. The molecule has 7 N–H and O–H groups in total. The summed E-state index contributed by atoms with van der Waals surface area (Å²) in [7, 11) is 0. The van der Waals surface area contributed by atoms with E-state index < -0.39 is 0 Å². The molecule has 2 fully saturated rings. The van der Waals surface area contributed by atoms with Gasteiger partial charge in [-0.3, -0.25) is 0 Å². The molecule has 0 saturated carbocycles. The summed E-state index contributed by atoms with van der Waals surface area (Å²) in [6, 6.07) is 1.25. The Morgan fingerprint density at radius 3 is 0.946 bits per heavy atom. The lowest BCUT2D eigenvalue weighted by Crippen LogP contribution is -2.61. The summed E-state index contributed by atoms with van der Waals surface area (Å²) in [5, 5.41) is 25.9. The fourth-order valence-electron chi connectivity index (χ4n) is 7.02. The molecule has 0 bridgehead atoms. The number of rotatable bonds is 18. The van der Waals surface area contributed by atoms with Gasteiger partial charge in [0.05, 0.1) is 0 Å². The maximum absolute atomic E-state index is 3.80.